The minimum atomic E-state index is -0.503. The maximum absolute atomic E-state index is 12.5. The van der Waals surface area contributed by atoms with Crippen LogP contribution in [0.1, 0.15) is 20.8 Å². The highest BCUT2D eigenvalue weighted by Gasteiger charge is 2.28. The van der Waals surface area contributed by atoms with Crippen molar-refractivity contribution >= 4 is 28.3 Å². The van der Waals surface area contributed by atoms with Gasteiger partial charge in [-0.3, -0.25) is 9.59 Å². The molecule has 0 spiro atoms. The van der Waals surface area contributed by atoms with Crippen LogP contribution in [0.5, 0.6) is 5.75 Å². The first-order valence-corrected chi connectivity index (χ1v) is 8.42. The molecular weight excluding hydrogens is 326 g/mol. The number of rotatable bonds is 6. The molecule has 128 valence electrons. The maximum Gasteiger partial charge on any atom is 0.261 e. The molecule has 0 saturated carbocycles. The first-order chi connectivity index (χ1) is 11.4. The Morgan fingerprint density at radius 2 is 1.96 bits per heavy atom. The van der Waals surface area contributed by atoms with E-state index in [-0.39, 0.29) is 25.0 Å². The second kappa shape index (κ2) is 7.92. The van der Waals surface area contributed by atoms with Gasteiger partial charge in [-0.2, -0.15) is 0 Å². The van der Waals surface area contributed by atoms with Gasteiger partial charge in [-0.05, 0) is 32.9 Å². The molecule has 0 unspecified atom stereocenters. The molecule has 0 aliphatic carbocycles. The van der Waals surface area contributed by atoms with Gasteiger partial charge in [0.2, 0.25) is 5.91 Å². The standard InChI is InChI=1S/C17H21N3O3S/c1-17(2,3)20(11-14(21)19-16-18-9-10-24-16)15(22)12-23-13-7-5-4-6-8-13/h4-10H,11-12H2,1-3H3,(H,18,19,21). The Morgan fingerprint density at radius 1 is 1.25 bits per heavy atom. The third-order valence-corrected chi connectivity index (χ3v) is 3.89. The first kappa shape index (κ1) is 17.9. The van der Waals surface area contributed by atoms with E-state index >= 15 is 0 Å². The average molecular weight is 347 g/mol. The van der Waals surface area contributed by atoms with Crippen molar-refractivity contribution in [3.05, 3.63) is 41.9 Å². The largest absolute Gasteiger partial charge is 0.484 e. The van der Waals surface area contributed by atoms with E-state index in [0.29, 0.717) is 10.9 Å². The number of nitrogens with one attached hydrogen (secondary N) is 1. The predicted molar refractivity (Wildman–Crippen MR) is 94.1 cm³/mol. The van der Waals surface area contributed by atoms with E-state index < -0.39 is 5.54 Å². The van der Waals surface area contributed by atoms with Crippen molar-refractivity contribution in [3.8, 4) is 5.75 Å². The molecule has 0 aliphatic rings. The SMILES string of the molecule is CC(C)(C)N(CC(=O)Nc1nccs1)C(=O)COc1ccccc1. The van der Waals surface area contributed by atoms with E-state index in [4.69, 9.17) is 4.74 Å². The molecular formula is C17H21N3O3S. The Kier molecular flexibility index (Phi) is 5.92. The lowest BCUT2D eigenvalue weighted by molar-refractivity contribution is -0.141. The molecule has 0 fully saturated rings. The zero-order chi connectivity index (χ0) is 17.6. The van der Waals surface area contributed by atoms with Crippen LogP contribution < -0.4 is 10.1 Å². The number of thiazole rings is 1. The molecule has 2 amide bonds. The second-order valence-electron chi connectivity index (χ2n) is 6.14. The van der Waals surface area contributed by atoms with Crippen LogP contribution in [0, 0.1) is 0 Å². The second-order valence-corrected chi connectivity index (χ2v) is 7.03. The highest BCUT2D eigenvalue weighted by Crippen LogP contribution is 2.16. The summed E-state index contributed by atoms with van der Waals surface area (Å²) < 4.78 is 5.50. The zero-order valence-electron chi connectivity index (χ0n) is 14.0. The molecule has 1 aromatic heterocycles. The smallest absolute Gasteiger partial charge is 0.261 e. The summed E-state index contributed by atoms with van der Waals surface area (Å²) >= 11 is 1.33. The van der Waals surface area contributed by atoms with Crippen molar-refractivity contribution in [2.75, 3.05) is 18.5 Å². The number of amides is 2. The maximum atomic E-state index is 12.5. The fourth-order valence-electron chi connectivity index (χ4n) is 2.03. The zero-order valence-corrected chi connectivity index (χ0v) is 14.8. The summed E-state index contributed by atoms with van der Waals surface area (Å²) in [4.78, 5) is 30.2. The van der Waals surface area contributed by atoms with Crippen molar-refractivity contribution in [1.29, 1.82) is 0 Å². The van der Waals surface area contributed by atoms with Gasteiger partial charge in [0, 0.05) is 17.1 Å². The van der Waals surface area contributed by atoms with Gasteiger partial charge in [0.1, 0.15) is 12.3 Å². The number of anilines is 1. The van der Waals surface area contributed by atoms with Gasteiger partial charge in [0.15, 0.2) is 11.7 Å². The predicted octanol–water partition coefficient (Wildman–Crippen LogP) is 2.79. The van der Waals surface area contributed by atoms with Gasteiger partial charge in [-0.15, -0.1) is 11.3 Å². The Balaban J connectivity index is 1.96. The molecule has 0 atom stereocenters. The quantitative estimate of drug-likeness (QED) is 0.872. The highest BCUT2D eigenvalue weighted by atomic mass is 32.1. The lowest BCUT2D eigenvalue weighted by Gasteiger charge is -2.35. The molecule has 0 aliphatic heterocycles. The molecule has 0 bridgehead atoms. The van der Waals surface area contributed by atoms with E-state index in [9.17, 15) is 9.59 Å². The van der Waals surface area contributed by atoms with Gasteiger partial charge in [0.05, 0.1) is 0 Å². The molecule has 1 heterocycles. The fraction of sp³-hybridized carbons (Fsp3) is 0.353. The summed E-state index contributed by atoms with van der Waals surface area (Å²) in [7, 11) is 0. The Bertz CT molecular complexity index is 666. The van der Waals surface area contributed by atoms with E-state index in [2.05, 4.69) is 10.3 Å². The van der Waals surface area contributed by atoms with Crippen molar-refractivity contribution < 1.29 is 14.3 Å². The Morgan fingerprint density at radius 3 is 2.54 bits per heavy atom. The van der Waals surface area contributed by atoms with Crippen LogP contribution in [-0.2, 0) is 9.59 Å². The third-order valence-electron chi connectivity index (χ3n) is 3.20. The summed E-state index contributed by atoms with van der Waals surface area (Å²) in [6.07, 6.45) is 1.61. The monoisotopic (exact) mass is 347 g/mol. The van der Waals surface area contributed by atoms with Crippen LogP contribution in [0.3, 0.4) is 0 Å². The topological polar surface area (TPSA) is 71.5 Å². The van der Waals surface area contributed by atoms with Gasteiger partial charge in [0.25, 0.3) is 5.91 Å². The molecule has 0 saturated heterocycles. The van der Waals surface area contributed by atoms with Crippen LogP contribution in [0.2, 0.25) is 0 Å². The fourth-order valence-corrected chi connectivity index (χ4v) is 2.57. The van der Waals surface area contributed by atoms with E-state index in [0.717, 1.165) is 0 Å². The molecule has 2 aromatic rings. The number of ether oxygens (including phenoxy) is 1. The van der Waals surface area contributed by atoms with Gasteiger partial charge in [-0.25, -0.2) is 4.98 Å². The van der Waals surface area contributed by atoms with E-state index in [1.165, 1.54) is 16.2 Å². The van der Waals surface area contributed by atoms with Gasteiger partial charge >= 0.3 is 0 Å². The summed E-state index contributed by atoms with van der Waals surface area (Å²) in [6, 6.07) is 9.11. The van der Waals surface area contributed by atoms with Crippen molar-refractivity contribution in [1.82, 2.24) is 9.88 Å². The number of aromatic nitrogens is 1. The summed E-state index contributed by atoms with van der Waals surface area (Å²) in [5.41, 5.74) is -0.503. The van der Waals surface area contributed by atoms with Crippen LogP contribution >= 0.6 is 11.3 Å². The van der Waals surface area contributed by atoms with Crippen LogP contribution in [-0.4, -0.2) is 40.4 Å². The number of benzene rings is 1. The number of para-hydroxylation sites is 1. The Labute approximate surface area is 145 Å². The number of nitrogens with zero attached hydrogens (tertiary/aromatic N) is 2. The van der Waals surface area contributed by atoms with E-state index in [1.54, 1.807) is 23.7 Å². The molecule has 6 nitrogen and oxygen atoms in total. The van der Waals surface area contributed by atoms with Crippen molar-refractivity contribution in [3.63, 3.8) is 0 Å². The van der Waals surface area contributed by atoms with Crippen LogP contribution in [0.25, 0.3) is 0 Å². The number of carbonyl (C=O) groups is 2. The average Bonchev–Trinajstić information content (AvgIpc) is 3.03. The molecule has 1 aromatic carbocycles. The molecule has 24 heavy (non-hydrogen) atoms. The number of carbonyl (C=O) groups excluding carboxylic acids is 2. The minimum absolute atomic E-state index is 0.0555. The van der Waals surface area contributed by atoms with E-state index in [1.807, 2.05) is 39.0 Å². The summed E-state index contributed by atoms with van der Waals surface area (Å²) in [6.45, 7) is 5.46. The molecule has 2 rings (SSSR count). The minimum Gasteiger partial charge on any atom is -0.484 e. The molecule has 1 N–H and O–H groups in total. The van der Waals surface area contributed by atoms with Gasteiger partial charge < -0.3 is 15.0 Å². The van der Waals surface area contributed by atoms with Crippen LogP contribution in [0.4, 0.5) is 5.13 Å². The molecule has 7 heteroatoms. The molecule has 0 radical (unpaired) electrons. The lowest BCUT2D eigenvalue weighted by Crippen LogP contribution is -2.51. The van der Waals surface area contributed by atoms with Crippen molar-refractivity contribution in [2.24, 2.45) is 0 Å². The summed E-state index contributed by atoms with van der Waals surface area (Å²) in [5, 5.41) is 4.98. The highest BCUT2D eigenvalue weighted by molar-refractivity contribution is 7.13. The summed E-state index contributed by atoms with van der Waals surface area (Å²) in [5.74, 6) is 0.0838. The van der Waals surface area contributed by atoms with Crippen LogP contribution in [0.15, 0.2) is 41.9 Å². The van der Waals surface area contributed by atoms with Gasteiger partial charge in [-0.1, -0.05) is 18.2 Å². The number of hydrogen-bond acceptors (Lipinski definition) is 5. The first-order valence-electron chi connectivity index (χ1n) is 7.54. The normalized spacial score (nSPS) is 11.0. The Hall–Kier alpha value is -2.41. The lowest BCUT2D eigenvalue weighted by atomic mass is 10.1. The third kappa shape index (κ3) is 5.34. The number of hydrogen-bond donors (Lipinski definition) is 1. The van der Waals surface area contributed by atoms with Crippen molar-refractivity contribution in [2.45, 2.75) is 26.3 Å².